The van der Waals surface area contributed by atoms with Crippen LogP contribution in [0.5, 0.6) is 0 Å². The molecule has 0 radical (unpaired) electrons. The Hall–Kier alpha value is -1.27. The molecule has 0 atom stereocenters. The van der Waals surface area contributed by atoms with Gasteiger partial charge in [0.25, 0.3) is 0 Å². The van der Waals surface area contributed by atoms with Crippen LogP contribution in [0.2, 0.25) is 5.02 Å². The van der Waals surface area contributed by atoms with E-state index in [1.165, 1.54) is 11.8 Å². The summed E-state index contributed by atoms with van der Waals surface area (Å²) < 4.78 is 0. The minimum Gasteiger partial charge on any atom is -0.384 e. The number of H-pyrrole nitrogens is 1. The maximum Gasteiger partial charge on any atom is 0.208 e. The summed E-state index contributed by atoms with van der Waals surface area (Å²) in [5.41, 5.74) is 6.33. The number of aromatic nitrogens is 4. The zero-order valence-corrected chi connectivity index (χ0v) is 10.1. The van der Waals surface area contributed by atoms with Crippen molar-refractivity contribution in [2.75, 3.05) is 5.73 Å². The highest BCUT2D eigenvalue weighted by Crippen LogP contribution is 2.23. The number of anilines is 1. The van der Waals surface area contributed by atoms with Crippen LogP contribution < -0.4 is 5.73 Å². The maximum atomic E-state index is 5.99. The fraction of sp³-hybridized carbons (Fsp3) is 0.222. The van der Waals surface area contributed by atoms with Gasteiger partial charge < -0.3 is 5.73 Å². The molecule has 0 aliphatic rings. The molecule has 0 bridgehead atoms. The van der Waals surface area contributed by atoms with Gasteiger partial charge in [0.2, 0.25) is 5.16 Å². The fourth-order valence-corrected chi connectivity index (χ4v) is 2.17. The van der Waals surface area contributed by atoms with Crippen molar-refractivity contribution in [2.45, 2.75) is 17.8 Å². The first-order valence-electron chi connectivity index (χ1n) is 4.58. The molecule has 0 aliphatic heterocycles. The number of aryl methyl sites for hydroxylation is 1. The highest BCUT2D eigenvalue weighted by atomic mass is 35.5. The predicted molar refractivity (Wildman–Crippen MR) is 64.3 cm³/mol. The second-order valence-electron chi connectivity index (χ2n) is 3.16. The van der Waals surface area contributed by atoms with Crippen LogP contribution in [0.25, 0.3) is 0 Å². The summed E-state index contributed by atoms with van der Waals surface area (Å²) in [4.78, 5) is 8.33. The van der Waals surface area contributed by atoms with E-state index in [1.54, 1.807) is 12.1 Å². The molecule has 0 unspecified atom stereocenters. The largest absolute Gasteiger partial charge is 0.384 e. The van der Waals surface area contributed by atoms with Gasteiger partial charge in [0.1, 0.15) is 11.6 Å². The topological polar surface area (TPSA) is 80.5 Å². The minimum absolute atomic E-state index is 0.464. The number of thioether (sulfide) groups is 1. The van der Waals surface area contributed by atoms with Crippen LogP contribution in [0.4, 0.5) is 5.82 Å². The van der Waals surface area contributed by atoms with Crippen molar-refractivity contribution >= 4 is 29.2 Å². The molecule has 84 valence electrons. The van der Waals surface area contributed by atoms with E-state index in [2.05, 4.69) is 20.2 Å². The lowest BCUT2D eigenvalue weighted by molar-refractivity contribution is 0.968. The molecule has 0 amide bonds. The summed E-state index contributed by atoms with van der Waals surface area (Å²) in [6.07, 6.45) is 0. The van der Waals surface area contributed by atoms with Gasteiger partial charge >= 0.3 is 0 Å². The Bertz CT molecular complexity index is 498. The Morgan fingerprint density at radius 2 is 2.25 bits per heavy atom. The third-order valence-electron chi connectivity index (χ3n) is 1.85. The van der Waals surface area contributed by atoms with Crippen molar-refractivity contribution < 1.29 is 0 Å². The molecule has 2 heterocycles. The van der Waals surface area contributed by atoms with Gasteiger partial charge in [-0.15, -0.1) is 5.10 Å². The van der Waals surface area contributed by atoms with Crippen molar-refractivity contribution in [3.63, 3.8) is 0 Å². The average Bonchev–Trinajstić information content (AvgIpc) is 2.66. The van der Waals surface area contributed by atoms with E-state index in [9.17, 15) is 0 Å². The van der Waals surface area contributed by atoms with E-state index in [4.69, 9.17) is 17.3 Å². The number of hydrogen-bond donors (Lipinski definition) is 2. The average molecular weight is 256 g/mol. The molecule has 7 heteroatoms. The van der Waals surface area contributed by atoms with Gasteiger partial charge in [0, 0.05) is 5.75 Å². The van der Waals surface area contributed by atoms with Crippen LogP contribution in [0.3, 0.4) is 0 Å². The Morgan fingerprint density at radius 3 is 2.94 bits per heavy atom. The third-order valence-corrected chi connectivity index (χ3v) is 3.06. The molecule has 2 aromatic rings. The molecular weight excluding hydrogens is 246 g/mol. The van der Waals surface area contributed by atoms with Gasteiger partial charge in [0.05, 0.1) is 10.7 Å². The molecule has 0 aromatic carbocycles. The number of rotatable bonds is 3. The minimum atomic E-state index is 0.464. The number of pyridine rings is 1. The van der Waals surface area contributed by atoms with E-state index < -0.39 is 0 Å². The SMILES string of the molecule is Cc1nc(SCc2nc(N)ccc2Cl)n[nH]1. The number of nitrogens with one attached hydrogen (secondary N) is 1. The molecule has 0 fully saturated rings. The van der Waals surface area contributed by atoms with Crippen LogP contribution in [-0.2, 0) is 5.75 Å². The van der Waals surface area contributed by atoms with Crippen LogP contribution in [0.15, 0.2) is 17.3 Å². The van der Waals surface area contributed by atoms with Crippen molar-refractivity contribution in [1.82, 2.24) is 20.2 Å². The smallest absolute Gasteiger partial charge is 0.208 e. The molecule has 5 nitrogen and oxygen atoms in total. The van der Waals surface area contributed by atoms with Crippen LogP contribution in [-0.4, -0.2) is 20.2 Å². The molecule has 16 heavy (non-hydrogen) atoms. The third kappa shape index (κ3) is 2.65. The van der Waals surface area contributed by atoms with Gasteiger partial charge in [0.15, 0.2) is 0 Å². The molecule has 0 saturated heterocycles. The van der Waals surface area contributed by atoms with E-state index in [-0.39, 0.29) is 0 Å². The maximum absolute atomic E-state index is 5.99. The van der Waals surface area contributed by atoms with Crippen molar-refractivity contribution in [1.29, 1.82) is 0 Å². The van der Waals surface area contributed by atoms with E-state index in [0.29, 0.717) is 21.7 Å². The number of halogens is 1. The van der Waals surface area contributed by atoms with Crippen molar-refractivity contribution in [3.05, 3.63) is 28.7 Å². The lowest BCUT2D eigenvalue weighted by Crippen LogP contribution is -1.95. The number of hydrogen-bond acceptors (Lipinski definition) is 5. The highest BCUT2D eigenvalue weighted by molar-refractivity contribution is 7.98. The summed E-state index contributed by atoms with van der Waals surface area (Å²) in [5.74, 6) is 1.85. The van der Waals surface area contributed by atoms with Gasteiger partial charge in [-0.25, -0.2) is 9.97 Å². The second-order valence-corrected chi connectivity index (χ2v) is 4.51. The lowest BCUT2D eigenvalue weighted by Gasteiger charge is -2.02. The summed E-state index contributed by atoms with van der Waals surface area (Å²) in [6.45, 7) is 1.85. The summed E-state index contributed by atoms with van der Waals surface area (Å²) in [7, 11) is 0. The fourth-order valence-electron chi connectivity index (χ4n) is 1.12. The Labute approximate surface area is 102 Å². The van der Waals surface area contributed by atoms with E-state index in [0.717, 1.165) is 11.5 Å². The zero-order valence-electron chi connectivity index (χ0n) is 8.57. The van der Waals surface area contributed by atoms with Gasteiger partial charge in [-0.3, -0.25) is 5.10 Å². The highest BCUT2D eigenvalue weighted by Gasteiger charge is 2.06. The number of nitrogens with two attached hydrogens (primary N) is 1. The number of nitrogens with zero attached hydrogens (tertiary/aromatic N) is 3. The molecule has 3 N–H and O–H groups in total. The normalized spacial score (nSPS) is 10.6. The number of nitrogen functional groups attached to an aromatic ring is 1. The Kier molecular flexibility index (Phi) is 3.31. The molecule has 2 aromatic heterocycles. The summed E-state index contributed by atoms with van der Waals surface area (Å²) in [5, 5.41) is 8.06. The first-order chi connectivity index (χ1) is 7.65. The van der Waals surface area contributed by atoms with Crippen molar-refractivity contribution in [2.24, 2.45) is 0 Å². The quantitative estimate of drug-likeness (QED) is 0.821. The van der Waals surface area contributed by atoms with Gasteiger partial charge in [-0.1, -0.05) is 23.4 Å². The molecule has 0 aliphatic carbocycles. The number of aromatic amines is 1. The molecule has 2 rings (SSSR count). The van der Waals surface area contributed by atoms with Crippen LogP contribution in [0, 0.1) is 6.92 Å². The lowest BCUT2D eigenvalue weighted by atomic mass is 10.4. The first kappa shape index (κ1) is 11.2. The Morgan fingerprint density at radius 1 is 1.44 bits per heavy atom. The second kappa shape index (κ2) is 4.71. The van der Waals surface area contributed by atoms with Gasteiger partial charge in [-0.2, -0.15) is 0 Å². The van der Waals surface area contributed by atoms with E-state index in [1.807, 2.05) is 6.92 Å². The Balaban J connectivity index is 2.07. The molecule has 0 saturated carbocycles. The zero-order chi connectivity index (χ0) is 11.5. The monoisotopic (exact) mass is 255 g/mol. The first-order valence-corrected chi connectivity index (χ1v) is 5.94. The van der Waals surface area contributed by atoms with Gasteiger partial charge in [-0.05, 0) is 19.1 Å². The van der Waals surface area contributed by atoms with Crippen molar-refractivity contribution in [3.8, 4) is 0 Å². The van der Waals surface area contributed by atoms with Crippen LogP contribution >= 0.6 is 23.4 Å². The molecular formula is C9H10ClN5S. The predicted octanol–water partition coefficient (Wildman–Crippen LogP) is 2.04. The van der Waals surface area contributed by atoms with E-state index >= 15 is 0 Å². The summed E-state index contributed by atoms with van der Waals surface area (Å²) in [6, 6.07) is 3.41. The molecule has 0 spiro atoms. The van der Waals surface area contributed by atoms with Crippen LogP contribution in [0.1, 0.15) is 11.5 Å². The standard InChI is InChI=1S/C9H10ClN5S/c1-5-12-9(15-14-5)16-4-7-6(10)2-3-8(11)13-7/h2-3H,4H2,1H3,(H2,11,13)(H,12,14,15). The summed E-state index contributed by atoms with van der Waals surface area (Å²) >= 11 is 7.45.